The summed E-state index contributed by atoms with van der Waals surface area (Å²) in [5.41, 5.74) is 0.635. The fourth-order valence-corrected chi connectivity index (χ4v) is 3.59. The summed E-state index contributed by atoms with van der Waals surface area (Å²) in [7, 11) is 0. The maximum atomic E-state index is 13.2. The first-order valence-electron chi connectivity index (χ1n) is 10.9. The van der Waals surface area contributed by atoms with Crippen LogP contribution in [0.3, 0.4) is 0 Å². The fourth-order valence-electron chi connectivity index (χ4n) is 3.59. The lowest BCUT2D eigenvalue weighted by atomic mass is 10.1. The van der Waals surface area contributed by atoms with Crippen LogP contribution >= 0.6 is 0 Å². The Hall–Kier alpha value is -4.32. The summed E-state index contributed by atoms with van der Waals surface area (Å²) in [5, 5.41) is 23.5. The van der Waals surface area contributed by atoms with Crippen molar-refractivity contribution in [3.05, 3.63) is 89.6 Å². The monoisotopic (exact) mass is 497 g/mol. The number of amides is 1. The van der Waals surface area contributed by atoms with Crippen LogP contribution in [0.15, 0.2) is 67.1 Å². The first-order valence-corrected chi connectivity index (χ1v) is 10.9. The molecule has 0 saturated carbocycles. The summed E-state index contributed by atoms with van der Waals surface area (Å²) in [5.74, 6) is 0.511. The van der Waals surface area contributed by atoms with E-state index in [4.69, 9.17) is 0 Å². The average Bonchev–Trinajstić information content (AvgIpc) is 3.29. The summed E-state index contributed by atoms with van der Waals surface area (Å²) in [4.78, 5) is 20.7. The number of hydrogen-bond acceptors (Lipinski definition) is 7. The number of aliphatic hydroxyl groups is 1. The van der Waals surface area contributed by atoms with Crippen molar-refractivity contribution in [2.24, 2.45) is 0 Å². The van der Waals surface area contributed by atoms with Gasteiger partial charge in [-0.05, 0) is 35.9 Å². The van der Waals surface area contributed by atoms with Crippen LogP contribution in [0.1, 0.15) is 27.3 Å². The Bertz CT molecular complexity index is 1330. The maximum Gasteiger partial charge on any atom is 0.416 e. The highest BCUT2D eigenvalue weighted by atomic mass is 19.4. The van der Waals surface area contributed by atoms with E-state index in [9.17, 15) is 23.1 Å². The fraction of sp³-hybridized carbons (Fsp3) is 0.208. The van der Waals surface area contributed by atoms with Crippen LogP contribution in [-0.2, 0) is 25.8 Å². The summed E-state index contributed by atoms with van der Waals surface area (Å²) in [6.07, 6.45) is -1.53. The minimum Gasteiger partial charge on any atom is -0.395 e. The molecule has 36 heavy (non-hydrogen) atoms. The van der Waals surface area contributed by atoms with Crippen LogP contribution in [0.5, 0.6) is 0 Å². The lowest BCUT2D eigenvalue weighted by molar-refractivity contribution is -0.138. The van der Waals surface area contributed by atoms with Crippen molar-refractivity contribution in [1.29, 1.82) is 0 Å². The van der Waals surface area contributed by atoms with E-state index in [0.717, 1.165) is 6.07 Å². The molecule has 9 nitrogen and oxygen atoms in total. The topological polar surface area (TPSA) is 118 Å². The average molecular weight is 497 g/mol. The highest BCUT2D eigenvalue weighted by Crippen LogP contribution is 2.31. The third kappa shape index (κ3) is 5.84. The molecule has 2 aromatic heterocycles. The summed E-state index contributed by atoms with van der Waals surface area (Å²) < 4.78 is 41.3. The van der Waals surface area contributed by atoms with E-state index in [0.29, 0.717) is 23.0 Å². The molecule has 12 heteroatoms. The molecule has 4 rings (SSSR count). The lowest BCUT2D eigenvalue weighted by Gasteiger charge is -2.14. The van der Waals surface area contributed by atoms with Gasteiger partial charge in [-0.3, -0.25) is 4.79 Å². The molecule has 0 aliphatic carbocycles. The Morgan fingerprint density at radius 2 is 1.86 bits per heavy atom. The maximum absolute atomic E-state index is 13.2. The van der Waals surface area contributed by atoms with Gasteiger partial charge in [0.25, 0.3) is 5.91 Å². The number of hydrogen-bond donors (Lipinski definition) is 3. The zero-order chi connectivity index (χ0) is 25.5. The molecule has 186 valence electrons. The summed E-state index contributed by atoms with van der Waals surface area (Å²) in [6.45, 7) is 0.103. The van der Waals surface area contributed by atoms with Crippen molar-refractivity contribution in [3.8, 4) is 11.5 Å². The predicted octanol–water partition coefficient (Wildman–Crippen LogP) is 3.29. The van der Waals surface area contributed by atoms with Crippen LogP contribution in [0.4, 0.5) is 18.9 Å². The van der Waals surface area contributed by atoms with E-state index >= 15 is 0 Å². The smallest absolute Gasteiger partial charge is 0.395 e. The van der Waals surface area contributed by atoms with E-state index < -0.39 is 17.6 Å². The number of nitrogens with one attached hydrogen (secondary N) is 2. The van der Waals surface area contributed by atoms with E-state index in [1.54, 1.807) is 41.1 Å². The molecule has 0 radical (unpaired) electrons. The van der Waals surface area contributed by atoms with Crippen LogP contribution in [-0.4, -0.2) is 42.4 Å². The Labute approximate surface area is 204 Å². The summed E-state index contributed by atoms with van der Waals surface area (Å²) in [6, 6.07) is 13.4. The van der Waals surface area contributed by atoms with Crippen molar-refractivity contribution >= 4 is 11.6 Å². The Morgan fingerprint density at radius 1 is 1.03 bits per heavy atom. The highest BCUT2D eigenvalue weighted by molar-refractivity contribution is 5.95. The largest absolute Gasteiger partial charge is 0.416 e. The summed E-state index contributed by atoms with van der Waals surface area (Å²) >= 11 is 0. The van der Waals surface area contributed by atoms with Crippen LogP contribution in [0.2, 0.25) is 0 Å². The number of rotatable bonds is 9. The van der Waals surface area contributed by atoms with Gasteiger partial charge >= 0.3 is 6.18 Å². The normalized spacial score (nSPS) is 11.3. The molecule has 0 saturated heterocycles. The van der Waals surface area contributed by atoms with Gasteiger partial charge in [0, 0.05) is 30.5 Å². The molecule has 0 fully saturated rings. The second-order valence-electron chi connectivity index (χ2n) is 7.68. The molecular weight excluding hydrogens is 475 g/mol. The van der Waals surface area contributed by atoms with Gasteiger partial charge < -0.3 is 20.3 Å². The van der Waals surface area contributed by atoms with Gasteiger partial charge in [-0.1, -0.05) is 24.3 Å². The van der Waals surface area contributed by atoms with Crippen molar-refractivity contribution in [2.45, 2.75) is 25.8 Å². The van der Waals surface area contributed by atoms with Crippen molar-refractivity contribution in [1.82, 2.24) is 30.0 Å². The molecule has 1 amide bonds. The molecule has 2 heterocycles. The standard InChI is InChI=1S/C24H22F3N7O2/c25-24(26,27)19-7-2-1-4-17(19)13-30-23(36)16-5-3-6-18(12-16)29-14-21-32-33-22(34(21)10-11-35)20-8-9-28-15-31-20/h1-9,12,15,29,35H,10-11,13-14H2,(H,30,36). The number of aliphatic hydroxyl groups excluding tert-OH is 1. The van der Waals surface area contributed by atoms with Crippen molar-refractivity contribution in [3.63, 3.8) is 0 Å². The van der Waals surface area contributed by atoms with Gasteiger partial charge in [0.2, 0.25) is 0 Å². The minimum absolute atomic E-state index is 0.0182. The van der Waals surface area contributed by atoms with Crippen LogP contribution in [0, 0.1) is 0 Å². The van der Waals surface area contributed by atoms with E-state index in [2.05, 4.69) is 30.8 Å². The molecule has 0 atom stereocenters. The third-order valence-corrected chi connectivity index (χ3v) is 5.30. The third-order valence-electron chi connectivity index (χ3n) is 5.30. The predicted molar refractivity (Wildman–Crippen MR) is 125 cm³/mol. The second-order valence-corrected chi connectivity index (χ2v) is 7.68. The molecule has 0 aliphatic rings. The Morgan fingerprint density at radius 3 is 2.61 bits per heavy atom. The number of aromatic nitrogens is 5. The quantitative estimate of drug-likeness (QED) is 0.325. The van der Waals surface area contributed by atoms with Gasteiger partial charge in [0.15, 0.2) is 11.6 Å². The lowest BCUT2D eigenvalue weighted by Crippen LogP contribution is -2.24. The number of anilines is 1. The first kappa shape index (κ1) is 24.8. The second kappa shape index (κ2) is 11.0. The number of halogens is 3. The molecule has 2 aromatic carbocycles. The molecular formula is C24H22F3N7O2. The number of nitrogens with zero attached hydrogens (tertiary/aromatic N) is 5. The molecule has 0 bridgehead atoms. The van der Waals surface area contributed by atoms with Gasteiger partial charge in [0.05, 0.1) is 18.7 Å². The Kier molecular flexibility index (Phi) is 7.54. The van der Waals surface area contributed by atoms with Crippen LogP contribution < -0.4 is 10.6 Å². The van der Waals surface area contributed by atoms with Gasteiger partial charge in [-0.2, -0.15) is 13.2 Å². The van der Waals surface area contributed by atoms with E-state index in [1.165, 1.54) is 24.5 Å². The Balaban J connectivity index is 1.43. The van der Waals surface area contributed by atoms with E-state index in [-0.39, 0.29) is 37.4 Å². The van der Waals surface area contributed by atoms with Crippen molar-refractivity contribution in [2.75, 3.05) is 11.9 Å². The molecule has 0 unspecified atom stereocenters. The van der Waals surface area contributed by atoms with Crippen LogP contribution in [0.25, 0.3) is 11.5 Å². The zero-order valence-corrected chi connectivity index (χ0v) is 18.9. The number of benzene rings is 2. The number of alkyl halides is 3. The minimum atomic E-state index is -4.50. The number of carbonyl (C=O) groups is 1. The highest BCUT2D eigenvalue weighted by Gasteiger charge is 2.32. The molecule has 3 N–H and O–H groups in total. The number of carbonyl (C=O) groups excluding carboxylic acids is 1. The molecule has 0 aliphatic heterocycles. The van der Waals surface area contributed by atoms with Gasteiger partial charge in [0.1, 0.15) is 12.0 Å². The van der Waals surface area contributed by atoms with Gasteiger partial charge in [-0.25, -0.2) is 9.97 Å². The first-order chi connectivity index (χ1) is 17.4. The van der Waals surface area contributed by atoms with Gasteiger partial charge in [-0.15, -0.1) is 10.2 Å². The zero-order valence-electron chi connectivity index (χ0n) is 18.9. The van der Waals surface area contributed by atoms with E-state index in [1.807, 2.05) is 0 Å². The molecule has 0 spiro atoms. The van der Waals surface area contributed by atoms with Crippen molar-refractivity contribution < 1.29 is 23.1 Å². The molecule has 4 aromatic rings. The SMILES string of the molecule is O=C(NCc1ccccc1C(F)(F)F)c1cccc(NCc2nnc(-c3ccncn3)n2CCO)c1.